The lowest BCUT2D eigenvalue weighted by atomic mass is 9.90. The zero-order valence-electron chi connectivity index (χ0n) is 16.9. The molecule has 0 spiro atoms. The lowest BCUT2D eigenvalue weighted by molar-refractivity contribution is -0.452. The van der Waals surface area contributed by atoms with Crippen LogP contribution in [0.25, 0.3) is 0 Å². The van der Waals surface area contributed by atoms with Crippen LogP contribution in [-0.2, 0) is 6.54 Å². The molecule has 1 rings (SSSR count). The molecule has 0 saturated heterocycles. The summed E-state index contributed by atoms with van der Waals surface area (Å²) >= 11 is 12.6. The highest BCUT2D eigenvalue weighted by molar-refractivity contribution is 7.83. The minimum atomic E-state index is -8.31. The maximum absolute atomic E-state index is 14.0. The molecule has 0 fully saturated rings. The van der Waals surface area contributed by atoms with Gasteiger partial charge in [-0.05, 0) is 26.1 Å². The molecule has 0 bridgehead atoms. The average molecular weight is 602 g/mol. The molecule has 0 radical (unpaired) electrons. The minimum absolute atomic E-state index is 0.130. The van der Waals surface area contributed by atoms with Crippen molar-refractivity contribution in [2.45, 2.75) is 84.6 Å². The Morgan fingerprint density at radius 2 is 1.03 bits per heavy atom. The van der Waals surface area contributed by atoms with E-state index in [2.05, 4.69) is 25.3 Å². The predicted octanol–water partition coefficient (Wildman–Crippen LogP) is 7.94. The van der Waals surface area contributed by atoms with Gasteiger partial charge in [-0.3, -0.25) is 0 Å². The van der Waals surface area contributed by atoms with Crippen LogP contribution in [0.3, 0.4) is 0 Å². The van der Waals surface area contributed by atoms with Gasteiger partial charge in [0.05, 0.1) is 0 Å². The Kier molecular flexibility index (Phi) is 8.37. The standard InChI is InChI=1S/C15H13F15N2S3/c1-5(2)32-7(34)6(33)31(8(32)35)4-3-9(16,17)10(18,19)11(20,21)12(22,23)13(24,25)14(26,27)15(28,29)30/h5,33-34H,3-4H2,1-2H3. The summed E-state index contributed by atoms with van der Waals surface area (Å²) in [6.45, 7) is 1.48. The number of rotatable bonds is 9. The van der Waals surface area contributed by atoms with Crippen LogP contribution in [-0.4, -0.2) is 50.8 Å². The Morgan fingerprint density at radius 1 is 0.657 bits per heavy atom. The first kappa shape index (κ1) is 32.1. The molecular weight excluding hydrogens is 589 g/mol. The number of nitrogens with zero attached hydrogens (tertiary/aromatic N) is 2. The molecule has 0 aromatic carbocycles. The van der Waals surface area contributed by atoms with Gasteiger partial charge < -0.3 is 9.13 Å². The van der Waals surface area contributed by atoms with Crippen molar-refractivity contribution in [1.82, 2.24) is 9.13 Å². The van der Waals surface area contributed by atoms with E-state index < -0.39 is 65.5 Å². The van der Waals surface area contributed by atoms with Gasteiger partial charge in [-0.25, -0.2) is 0 Å². The SMILES string of the molecule is CC(C)n1c(S)c(S)n(CCC(F)(F)C(F)(F)C(F)(F)C(F)(F)C(F)(F)C(F)(F)C(F)(F)F)c1=S. The first-order valence-corrected chi connectivity index (χ1v) is 10.0. The molecule has 20 heteroatoms. The lowest BCUT2D eigenvalue weighted by Gasteiger charge is -2.41. The van der Waals surface area contributed by atoms with Crippen LogP contribution in [0.4, 0.5) is 65.9 Å². The molecule has 0 aliphatic heterocycles. The number of hydrogen-bond donors (Lipinski definition) is 2. The number of imidazole rings is 1. The molecule has 0 atom stereocenters. The van der Waals surface area contributed by atoms with Crippen LogP contribution in [0.1, 0.15) is 26.3 Å². The van der Waals surface area contributed by atoms with Gasteiger partial charge >= 0.3 is 41.7 Å². The summed E-state index contributed by atoms with van der Waals surface area (Å²) in [5, 5.41) is -0.520. The smallest absolute Gasteiger partial charge is 0.311 e. The van der Waals surface area contributed by atoms with Crippen LogP contribution < -0.4 is 0 Å². The van der Waals surface area contributed by atoms with E-state index >= 15 is 0 Å². The van der Waals surface area contributed by atoms with E-state index in [1.807, 2.05) is 0 Å². The monoisotopic (exact) mass is 602 g/mol. The van der Waals surface area contributed by atoms with Crippen molar-refractivity contribution in [3.05, 3.63) is 4.77 Å². The van der Waals surface area contributed by atoms with E-state index in [0.29, 0.717) is 4.57 Å². The van der Waals surface area contributed by atoms with Crippen molar-refractivity contribution in [3.63, 3.8) is 0 Å². The molecule has 0 N–H and O–H groups in total. The van der Waals surface area contributed by atoms with E-state index in [0.717, 1.165) is 4.57 Å². The molecule has 35 heavy (non-hydrogen) atoms. The first-order chi connectivity index (χ1) is 15.1. The van der Waals surface area contributed by atoms with E-state index in [9.17, 15) is 65.9 Å². The van der Waals surface area contributed by atoms with Crippen molar-refractivity contribution in [2.75, 3.05) is 0 Å². The van der Waals surface area contributed by atoms with Crippen molar-refractivity contribution in [1.29, 1.82) is 0 Å². The largest absolute Gasteiger partial charge is 0.460 e. The van der Waals surface area contributed by atoms with E-state index in [1.165, 1.54) is 13.8 Å². The molecular formula is C15H13F15N2S3. The molecule has 1 aromatic heterocycles. The van der Waals surface area contributed by atoms with Crippen LogP contribution in [0.2, 0.25) is 0 Å². The second kappa shape index (κ2) is 9.13. The Balaban J connectivity index is 3.48. The molecule has 0 aliphatic rings. The zero-order valence-corrected chi connectivity index (χ0v) is 19.5. The van der Waals surface area contributed by atoms with Gasteiger partial charge in [0.1, 0.15) is 10.1 Å². The Bertz CT molecular complexity index is 991. The maximum atomic E-state index is 14.0. The molecule has 0 saturated carbocycles. The fraction of sp³-hybridized carbons (Fsp3) is 0.800. The highest BCUT2D eigenvalue weighted by Crippen LogP contribution is 2.62. The minimum Gasteiger partial charge on any atom is -0.311 e. The van der Waals surface area contributed by atoms with Gasteiger partial charge in [-0.2, -0.15) is 65.9 Å². The Morgan fingerprint density at radius 3 is 1.37 bits per heavy atom. The maximum Gasteiger partial charge on any atom is 0.460 e. The lowest BCUT2D eigenvalue weighted by Crippen LogP contribution is -2.72. The van der Waals surface area contributed by atoms with E-state index in [1.54, 1.807) is 0 Å². The van der Waals surface area contributed by atoms with Gasteiger partial charge in [0.25, 0.3) is 0 Å². The van der Waals surface area contributed by atoms with Gasteiger partial charge in [-0.15, -0.1) is 25.3 Å². The third-order valence-electron chi connectivity index (χ3n) is 4.68. The molecule has 0 amide bonds. The van der Waals surface area contributed by atoms with Crippen molar-refractivity contribution in [2.24, 2.45) is 0 Å². The summed E-state index contributed by atoms with van der Waals surface area (Å²) in [4.78, 5) is 0. The summed E-state index contributed by atoms with van der Waals surface area (Å²) in [6.07, 6.45) is -10.2. The topological polar surface area (TPSA) is 9.86 Å². The summed E-state index contributed by atoms with van der Waals surface area (Å²) in [5.41, 5.74) is 0. The third-order valence-corrected chi connectivity index (χ3v) is 6.15. The van der Waals surface area contributed by atoms with Crippen molar-refractivity contribution in [3.8, 4) is 0 Å². The molecule has 1 aromatic rings. The number of halogens is 15. The second-order valence-electron chi connectivity index (χ2n) is 7.37. The molecule has 1 heterocycles. The van der Waals surface area contributed by atoms with E-state index in [4.69, 9.17) is 12.2 Å². The summed E-state index contributed by atoms with van der Waals surface area (Å²) < 4.78 is 200. The van der Waals surface area contributed by atoms with Crippen LogP contribution in [0.5, 0.6) is 0 Å². The van der Waals surface area contributed by atoms with Crippen LogP contribution >= 0.6 is 37.5 Å². The number of aromatic nitrogens is 2. The third kappa shape index (κ3) is 4.63. The zero-order chi connectivity index (χ0) is 28.4. The van der Waals surface area contributed by atoms with Gasteiger partial charge in [0, 0.05) is 19.0 Å². The summed E-state index contributed by atoms with van der Waals surface area (Å²) in [6, 6.07) is -0.537. The summed E-state index contributed by atoms with van der Waals surface area (Å²) in [7, 11) is 0. The fourth-order valence-corrected chi connectivity index (χ4v) is 3.98. The fourth-order valence-electron chi connectivity index (χ4n) is 2.62. The van der Waals surface area contributed by atoms with Crippen molar-refractivity contribution >= 4 is 37.5 Å². The Labute approximate surface area is 202 Å². The van der Waals surface area contributed by atoms with Crippen molar-refractivity contribution < 1.29 is 65.9 Å². The normalized spacial score (nSPS) is 15.3. The number of hydrogen-bond acceptors (Lipinski definition) is 3. The van der Waals surface area contributed by atoms with Gasteiger partial charge in [-0.1, -0.05) is 0 Å². The molecule has 206 valence electrons. The quantitative estimate of drug-likeness (QED) is 0.166. The van der Waals surface area contributed by atoms with Crippen LogP contribution in [0.15, 0.2) is 10.1 Å². The van der Waals surface area contributed by atoms with Gasteiger partial charge in [0.2, 0.25) is 0 Å². The Hall–Kier alpha value is -0.920. The molecule has 0 aliphatic carbocycles. The highest BCUT2D eigenvalue weighted by Gasteiger charge is 2.93. The highest BCUT2D eigenvalue weighted by atomic mass is 32.1. The average Bonchev–Trinajstić information content (AvgIpc) is 2.86. The predicted molar refractivity (Wildman–Crippen MR) is 98.5 cm³/mol. The first-order valence-electron chi connectivity index (χ1n) is 8.71. The number of alkyl halides is 15. The summed E-state index contributed by atoms with van der Waals surface area (Å²) in [5.74, 6) is -46.6. The van der Waals surface area contributed by atoms with Gasteiger partial charge in [0.15, 0.2) is 4.77 Å². The molecule has 2 nitrogen and oxygen atoms in total. The second-order valence-corrected chi connectivity index (χ2v) is 8.58. The van der Waals surface area contributed by atoms with E-state index in [-0.39, 0.29) is 10.1 Å². The van der Waals surface area contributed by atoms with Crippen LogP contribution in [0, 0.1) is 4.77 Å². The number of thiol groups is 2. The molecule has 0 unspecified atom stereocenters.